The highest BCUT2D eigenvalue weighted by Gasteiger charge is 2.16. The van der Waals surface area contributed by atoms with Gasteiger partial charge in [0.05, 0.1) is 19.8 Å². The highest BCUT2D eigenvalue weighted by atomic mass is 16.5. The third-order valence-electron chi connectivity index (χ3n) is 2.40. The van der Waals surface area contributed by atoms with Gasteiger partial charge < -0.3 is 14.8 Å². The quantitative estimate of drug-likeness (QED) is 0.776. The molecule has 1 aromatic rings. The zero-order chi connectivity index (χ0) is 10.5. The van der Waals surface area contributed by atoms with E-state index in [1.807, 2.05) is 0 Å². The van der Waals surface area contributed by atoms with Crippen molar-refractivity contribution in [3.8, 4) is 5.88 Å². The Hall–Kier alpha value is -1.20. The second kappa shape index (κ2) is 5.04. The standard InChI is InChI=1S/C10H15N3O2/c1-14-10-9(12-4-5-13-10)7-15-8-2-3-11-6-8/h4-5,8,11H,2-3,6-7H2,1H3/t8-/m0/s1. The van der Waals surface area contributed by atoms with E-state index in [1.165, 1.54) is 0 Å². The summed E-state index contributed by atoms with van der Waals surface area (Å²) in [4.78, 5) is 8.24. The molecule has 0 saturated carbocycles. The molecule has 1 N–H and O–H groups in total. The summed E-state index contributed by atoms with van der Waals surface area (Å²) in [5.74, 6) is 0.545. The Morgan fingerprint density at radius 1 is 1.47 bits per heavy atom. The summed E-state index contributed by atoms with van der Waals surface area (Å²) in [5.41, 5.74) is 0.756. The fraction of sp³-hybridized carbons (Fsp3) is 0.600. The molecule has 15 heavy (non-hydrogen) atoms. The van der Waals surface area contributed by atoms with Crippen LogP contribution in [0.3, 0.4) is 0 Å². The van der Waals surface area contributed by atoms with E-state index in [0.717, 1.165) is 25.2 Å². The number of ether oxygens (including phenoxy) is 2. The van der Waals surface area contributed by atoms with Crippen LogP contribution in [0.1, 0.15) is 12.1 Å². The Labute approximate surface area is 88.8 Å². The molecule has 0 amide bonds. The van der Waals surface area contributed by atoms with Crippen LogP contribution < -0.4 is 10.1 Å². The Morgan fingerprint density at radius 3 is 3.07 bits per heavy atom. The van der Waals surface area contributed by atoms with Crippen LogP contribution in [0.4, 0.5) is 0 Å². The van der Waals surface area contributed by atoms with Gasteiger partial charge in [-0.3, -0.25) is 4.98 Å². The van der Waals surface area contributed by atoms with Crippen molar-refractivity contribution in [2.24, 2.45) is 0 Å². The summed E-state index contributed by atoms with van der Waals surface area (Å²) in [6.45, 7) is 2.41. The van der Waals surface area contributed by atoms with Crippen molar-refractivity contribution < 1.29 is 9.47 Å². The van der Waals surface area contributed by atoms with Crippen molar-refractivity contribution in [2.45, 2.75) is 19.1 Å². The van der Waals surface area contributed by atoms with Crippen LogP contribution in [0.25, 0.3) is 0 Å². The number of nitrogens with one attached hydrogen (secondary N) is 1. The third-order valence-corrected chi connectivity index (χ3v) is 2.40. The molecule has 0 bridgehead atoms. The van der Waals surface area contributed by atoms with Crippen LogP contribution in [0.15, 0.2) is 12.4 Å². The van der Waals surface area contributed by atoms with E-state index in [4.69, 9.17) is 9.47 Å². The van der Waals surface area contributed by atoms with E-state index >= 15 is 0 Å². The molecule has 1 aromatic heterocycles. The number of methoxy groups -OCH3 is 1. The molecule has 0 spiro atoms. The molecule has 1 aliphatic rings. The first-order valence-electron chi connectivity index (χ1n) is 5.06. The monoisotopic (exact) mass is 209 g/mol. The molecule has 1 saturated heterocycles. The molecular formula is C10H15N3O2. The lowest BCUT2D eigenvalue weighted by atomic mass is 10.3. The zero-order valence-corrected chi connectivity index (χ0v) is 8.77. The summed E-state index contributed by atoms with van der Waals surface area (Å²) in [6.07, 6.45) is 4.60. The summed E-state index contributed by atoms with van der Waals surface area (Å²) >= 11 is 0. The maximum absolute atomic E-state index is 5.69. The molecule has 0 aliphatic carbocycles. The zero-order valence-electron chi connectivity index (χ0n) is 8.77. The van der Waals surface area contributed by atoms with Gasteiger partial charge in [-0.15, -0.1) is 0 Å². The Balaban J connectivity index is 1.91. The van der Waals surface area contributed by atoms with Crippen LogP contribution in [0.5, 0.6) is 5.88 Å². The largest absolute Gasteiger partial charge is 0.480 e. The van der Waals surface area contributed by atoms with Gasteiger partial charge in [-0.2, -0.15) is 0 Å². The highest BCUT2D eigenvalue weighted by molar-refractivity contribution is 5.15. The second-order valence-electron chi connectivity index (χ2n) is 3.44. The molecule has 0 unspecified atom stereocenters. The molecule has 0 aromatic carbocycles. The van der Waals surface area contributed by atoms with Gasteiger partial charge in [0.1, 0.15) is 5.69 Å². The maximum Gasteiger partial charge on any atom is 0.237 e. The van der Waals surface area contributed by atoms with Crippen molar-refractivity contribution >= 4 is 0 Å². The Kier molecular flexibility index (Phi) is 3.47. The number of hydrogen-bond donors (Lipinski definition) is 1. The van der Waals surface area contributed by atoms with E-state index < -0.39 is 0 Å². The van der Waals surface area contributed by atoms with Crippen molar-refractivity contribution in [2.75, 3.05) is 20.2 Å². The average Bonchev–Trinajstić information content (AvgIpc) is 2.79. The van der Waals surface area contributed by atoms with E-state index in [-0.39, 0.29) is 6.10 Å². The van der Waals surface area contributed by atoms with E-state index in [9.17, 15) is 0 Å². The third kappa shape index (κ3) is 2.64. The molecule has 1 fully saturated rings. The van der Waals surface area contributed by atoms with Crippen LogP contribution in [0.2, 0.25) is 0 Å². The van der Waals surface area contributed by atoms with Gasteiger partial charge in [0, 0.05) is 18.9 Å². The van der Waals surface area contributed by atoms with Crippen LogP contribution in [-0.2, 0) is 11.3 Å². The summed E-state index contributed by atoms with van der Waals surface area (Å²) < 4.78 is 10.8. The van der Waals surface area contributed by atoms with Crippen molar-refractivity contribution in [3.63, 3.8) is 0 Å². The van der Waals surface area contributed by atoms with Gasteiger partial charge >= 0.3 is 0 Å². The highest BCUT2D eigenvalue weighted by Crippen LogP contribution is 2.14. The van der Waals surface area contributed by atoms with Crippen LogP contribution >= 0.6 is 0 Å². The Morgan fingerprint density at radius 2 is 2.33 bits per heavy atom. The van der Waals surface area contributed by atoms with Crippen molar-refractivity contribution in [3.05, 3.63) is 18.1 Å². The average molecular weight is 209 g/mol. The topological polar surface area (TPSA) is 56.3 Å². The van der Waals surface area contributed by atoms with Gasteiger partial charge in [0.25, 0.3) is 0 Å². The number of nitrogens with zero attached hydrogens (tertiary/aromatic N) is 2. The van der Waals surface area contributed by atoms with E-state index in [0.29, 0.717) is 12.5 Å². The Bertz CT molecular complexity index is 313. The fourth-order valence-corrected chi connectivity index (χ4v) is 1.59. The smallest absolute Gasteiger partial charge is 0.237 e. The minimum absolute atomic E-state index is 0.289. The molecule has 5 heteroatoms. The molecule has 2 rings (SSSR count). The first-order valence-corrected chi connectivity index (χ1v) is 5.06. The summed E-state index contributed by atoms with van der Waals surface area (Å²) in [6, 6.07) is 0. The predicted octanol–water partition coefficient (Wildman–Crippen LogP) is 0.364. The first kappa shape index (κ1) is 10.3. The van der Waals surface area contributed by atoms with Gasteiger partial charge in [-0.05, 0) is 13.0 Å². The molecule has 0 radical (unpaired) electrons. The lowest BCUT2D eigenvalue weighted by Crippen LogP contribution is -2.17. The van der Waals surface area contributed by atoms with Crippen molar-refractivity contribution in [1.82, 2.24) is 15.3 Å². The van der Waals surface area contributed by atoms with Gasteiger partial charge in [-0.25, -0.2) is 4.98 Å². The normalized spacial score (nSPS) is 20.5. The molecule has 2 heterocycles. The molecular weight excluding hydrogens is 194 g/mol. The van der Waals surface area contributed by atoms with E-state index in [1.54, 1.807) is 19.5 Å². The number of aromatic nitrogens is 2. The molecule has 82 valence electrons. The van der Waals surface area contributed by atoms with E-state index in [2.05, 4.69) is 15.3 Å². The van der Waals surface area contributed by atoms with Crippen molar-refractivity contribution in [1.29, 1.82) is 0 Å². The minimum atomic E-state index is 0.289. The number of rotatable bonds is 4. The lowest BCUT2D eigenvalue weighted by Gasteiger charge is -2.11. The van der Waals surface area contributed by atoms with Crippen LogP contribution in [0, 0.1) is 0 Å². The first-order chi connectivity index (χ1) is 7.40. The van der Waals surface area contributed by atoms with Gasteiger partial charge in [0.2, 0.25) is 5.88 Å². The van der Waals surface area contributed by atoms with Crippen LogP contribution in [-0.4, -0.2) is 36.3 Å². The molecule has 1 aliphatic heterocycles. The SMILES string of the molecule is COc1nccnc1CO[C@H]1CCNC1. The summed E-state index contributed by atoms with van der Waals surface area (Å²) in [7, 11) is 1.59. The maximum atomic E-state index is 5.69. The number of hydrogen-bond acceptors (Lipinski definition) is 5. The second-order valence-corrected chi connectivity index (χ2v) is 3.44. The summed E-state index contributed by atoms with van der Waals surface area (Å²) in [5, 5.41) is 3.24. The lowest BCUT2D eigenvalue weighted by molar-refractivity contribution is 0.0506. The minimum Gasteiger partial charge on any atom is -0.480 e. The van der Waals surface area contributed by atoms with Gasteiger partial charge in [0.15, 0.2) is 0 Å². The fourth-order valence-electron chi connectivity index (χ4n) is 1.59. The van der Waals surface area contributed by atoms with Gasteiger partial charge in [-0.1, -0.05) is 0 Å². The molecule has 5 nitrogen and oxygen atoms in total. The molecule has 1 atom stereocenters. The predicted molar refractivity (Wildman–Crippen MR) is 54.6 cm³/mol.